The molecule has 0 unspecified atom stereocenters. The molecule has 4 aromatic rings. The van der Waals surface area contributed by atoms with Crippen LogP contribution in [0.15, 0.2) is 30.6 Å². The normalized spacial score (nSPS) is 17.0. The van der Waals surface area contributed by atoms with Crippen LogP contribution in [0, 0.1) is 5.92 Å². The van der Waals surface area contributed by atoms with Gasteiger partial charge in [-0.25, -0.2) is 14.5 Å². The molecule has 0 amide bonds. The third kappa shape index (κ3) is 2.40. The Morgan fingerprint density at radius 2 is 2.00 bits per heavy atom. The fourth-order valence-electron chi connectivity index (χ4n) is 3.78. The zero-order valence-corrected chi connectivity index (χ0v) is 16.0. The third-order valence-corrected chi connectivity index (χ3v) is 6.47. The van der Waals surface area contributed by atoms with E-state index in [1.54, 1.807) is 6.33 Å². The van der Waals surface area contributed by atoms with E-state index in [9.17, 15) is 0 Å². The molecule has 1 aromatic carbocycles. The van der Waals surface area contributed by atoms with E-state index in [2.05, 4.69) is 46.2 Å². The van der Waals surface area contributed by atoms with Crippen LogP contribution >= 0.6 is 11.3 Å². The van der Waals surface area contributed by atoms with Gasteiger partial charge < -0.3 is 4.90 Å². The molecule has 0 saturated heterocycles. The summed E-state index contributed by atoms with van der Waals surface area (Å²) in [5, 5.41) is 5.90. The molecule has 0 aliphatic heterocycles. The Bertz CT molecular complexity index is 1110. The van der Waals surface area contributed by atoms with Crippen LogP contribution in [0.4, 0.5) is 5.69 Å². The average molecular weight is 363 g/mol. The first-order valence-electron chi connectivity index (χ1n) is 9.03. The summed E-state index contributed by atoms with van der Waals surface area (Å²) in [4.78, 5) is 14.2. The molecule has 1 aliphatic rings. The van der Waals surface area contributed by atoms with Gasteiger partial charge in [0.1, 0.15) is 11.2 Å². The zero-order valence-electron chi connectivity index (χ0n) is 15.2. The molecular formula is C20H21N5S. The van der Waals surface area contributed by atoms with E-state index in [1.807, 2.05) is 29.9 Å². The molecular weight excluding hydrogens is 342 g/mol. The molecule has 5 nitrogen and oxygen atoms in total. The summed E-state index contributed by atoms with van der Waals surface area (Å²) in [7, 11) is 4.09. The van der Waals surface area contributed by atoms with E-state index in [0.29, 0.717) is 0 Å². The van der Waals surface area contributed by atoms with Crippen molar-refractivity contribution in [2.24, 2.45) is 5.92 Å². The molecule has 0 saturated carbocycles. The maximum absolute atomic E-state index is 4.90. The van der Waals surface area contributed by atoms with Crippen molar-refractivity contribution in [1.82, 2.24) is 19.6 Å². The standard InChI is InChI=1S/C20H21N5S/c1-12-4-9-16-15(10-12)17-19-22-18(23-25(19)11-21-20(17)26-16)13-5-7-14(8-6-13)24(2)3/h5-8,11-12H,4,9-10H2,1-3H3/t12-/m1/s1. The van der Waals surface area contributed by atoms with E-state index in [1.165, 1.54) is 27.9 Å². The van der Waals surface area contributed by atoms with Crippen LogP contribution in [-0.2, 0) is 12.8 Å². The monoisotopic (exact) mass is 363 g/mol. The Kier molecular flexibility index (Phi) is 3.50. The fourth-order valence-corrected chi connectivity index (χ4v) is 4.96. The second kappa shape index (κ2) is 5.77. The molecule has 26 heavy (non-hydrogen) atoms. The van der Waals surface area contributed by atoms with Crippen LogP contribution in [0.5, 0.6) is 0 Å². The highest BCUT2D eigenvalue weighted by Gasteiger charge is 2.23. The average Bonchev–Trinajstić information content (AvgIpc) is 3.22. The minimum atomic E-state index is 0.724. The number of benzene rings is 1. The highest BCUT2D eigenvalue weighted by molar-refractivity contribution is 7.19. The highest BCUT2D eigenvalue weighted by Crippen LogP contribution is 2.38. The number of anilines is 1. The molecule has 5 rings (SSSR count). The van der Waals surface area contributed by atoms with Gasteiger partial charge in [-0.05, 0) is 55.0 Å². The van der Waals surface area contributed by atoms with Crippen molar-refractivity contribution in [2.75, 3.05) is 19.0 Å². The molecule has 3 heterocycles. The topological polar surface area (TPSA) is 46.3 Å². The lowest BCUT2D eigenvalue weighted by molar-refractivity contribution is 0.508. The number of rotatable bonds is 2. The summed E-state index contributed by atoms with van der Waals surface area (Å²) in [5.74, 6) is 1.48. The lowest BCUT2D eigenvalue weighted by atomic mass is 9.89. The SMILES string of the molecule is C[C@@H]1CCc2sc3ncn4nc(-c5ccc(N(C)C)cc5)nc4c3c2C1. The minimum Gasteiger partial charge on any atom is -0.378 e. The summed E-state index contributed by atoms with van der Waals surface area (Å²) in [6, 6.07) is 8.37. The molecule has 132 valence electrons. The molecule has 1 atom stereocenters. The Morgan fingerprint density at radius 1 is 1.19 bits per heavy atom. The largest absolute Gasteiger partial charge is 0.378 e. The second-order valence-corrected chi connectivity index (χ2v) is 8.50. The minimum absolute atomic E-state index is 0.724. The van der Waals surface area contributed by atoms with Crippen LogP contribution < -0.4 is 4.90 Å². The first-order valence-corrected chi connectivity index (χ1v) is 9.85. The predicted molar refractivity (Wildman–Crippen MR) is 107 cm³/mol. The number of hydrogen-bond donors (Lipinski definition) is 0. The number of aryl methyl sites for hydroxylation is 1. The number of fused-ring (bicyclic) bond motifs is 5. The van der Waals surface area contributed by atoms with E-state index in [0.717, 1.165) is 40.6 Å². The molecule has 6 heteroatoms. The van der Waals surface area contributed by atoms with Crippen LogP contribution in [0.2, 0.25) is 0 Å². The van der Waals surface area contributed by atoms with Crippen molar-refractivity contribution in [3.05, 3.63) is 41.0 Å². The van der Waals surface area contributed by atoms with Crippen molar-refractivity contribution in [1.29, 1.82) is 0 Å². The Labute approximate surface area is 156 Å². The molecule has 0 spiro atoms. The summed E-state index contributed by atoms with van der Waals surface area (Å²) < 4.78 is 1.84. The summed E-state index contributed by atoms with van der Waals surface area (Å²) in [6.07, 6.45) is 5.35. The van der Waals surface area contributed by atoms with Crippen molar-refractivity contribution in [2.45, 2.75) is 26.2 Å². The summed E-state index contributed by atoms with van der Waals surface area (Å²) in [6.45, 7) is 2.33. The molecule has 0 N–H and O–H groups in total. The van der Waals surface area contributed by atoms with Gasteiger partial charge >= 0.3 is 0 Å². The summed E-state index contributed by atoms with van der Waals surface area (Å²) >= 11 is 1.83. The fraction of sp³-hybridized carbons (Fsp3) is 0.350. The van der Waals surface area contributed by atoms with Gasteiger partial charge in [0.2, 0.25) is 0 Å². The van der Waals surface area contributed by atoms with Gasteiger partial charge in [0.05, 0.1) is 5.39 Å². The van der Waals surface area contributed by atoms with Crippen molar-refractivity contribution in [3.8, 4) is 11.4 Å². The van der Waals surface area contributed by atoms with Gasteiger partial charge in [0, 0.05) is 30.2 Å². The van der Waals surface area contributed by atoms with E-state index in [4.69, 9.17) is 4.98 Å². The first kappa shape index (κ1) is 15.8. The van der Waals surface area contributed by atoms with Crippen molar-refractivity contribution >= 4 is 32.9 Å². The molecule has 0 radical (unpaired) electrons. The van der Waals surface area contributed by atoms with Gasteiger partial charge in [-0.1, -0.05) is 6.92 Å². The third-order valence-electron chi connectivity index (χ3n) is 5.27. The molecule has 0 bridgehead atoms. The molecule has 1 aliphatic carbocycles. The number of aromatic nitrogens is 4. The zero-order chi connectivity index (χ0) is 17.8. The van der Waals surface area contributed by atoms with E-state index >= 15 is 0 Å². The molecule has 0 fully saturated rings. The molecule has 3 aromatic heterocycles. The predicted octanol–water partition coefficient (Wildman–Crippen LogP) is 4.20. The van der Waals surface area contributed by atoms with Crippen LogP contribution in [-0.4, -0.2) is 33.7 Å². The van der Waals surface area contributed by atoms with Gasteiger partial charge in [-0.3, -0.25) is 0 Å². The van der Waals surface area contributed by atoms with Gasteiger partial charge in [-0.15, -0.1) is 16.4 Å². The van der Waals surface area contributed by atoms with Gasteiger partial charge in [0.15, 0.2) is 11.5 Å². The van der Waals surface area contributed by atoms with Gasteiger partial charge in [0.25, 0.3) is 0 Å². The first-order chi connectivity index (χ1) is 12.6. The van der Waals surface area contributed by atoms with Crippen molar-refractivity contribution < 1.29 is 0 Å². The van der Waals surface area contributed by atoms with Crippen LogP contribution in [0.25, 0.3) is 27.3 Å². The number of thiophene rings is 1. The Hall–Kier alpha value is -2.47. The number of nitrogens with zero attached hydrogens (tertiary/aromatic N) is 5. The Morgan fingerprint density at radius 3 is 2.77 bits per heavy atom. The quantitative estimate of drug-likeness (QED) is 0.535. The highest BCUT2D eigenvalue weighted by atomic mass is 32.1. The second-order valence-electron chi connectivity index (χ2n) is 7.42. The van der Waals surface area contributed by atoms with Crippen LogP contribution in [0.3, 0.4) is 0 Å². The van der Waals surface area contributed by atoms with Crippen molar-refractivity contribution in [3.63, 3.8) is 0 Å². The lowest BCUT2D eigenvalue weighted by Gasteiger charge is -2.17. The smallest absolute Gasteiger partial charge is 0.182 e. The Balaban J connectivity index is 1.67. The van der Waals surface area contributed by atoms with E-state index < -0.39 is 0 Å². The maximum atomic E-state index is 4.90. The number of hydrogen-bond acceptors (Lipinski definition) is 5. The van der Waals surface area contributed by atoms with Gasteiger partial charge in [-0.2, -0.15) is 0 Å². The van der Waals surface area contributed by atoms with Crippen LogP contribution in [0.1, 0.15) is 23.8 Å². The van der Waals surface area contributed by atoms with E-state index in [-0.39, 0.29) is 0 Å². The lowest BCUT2D eigenvalue weighted by Crippen LogP contribution is -2.09. The maximum Gasteiger partial charge on any atom is 0.182 e. The summed E-state index contributed by atoms with van der Waals surface area (Å²) in [5.41, 5.74) is 4.59.